The first kappa shape index (κ1) is 29.8. The zero-order chi connectivity index (χ0) is 34.3. The van der Waals surface area contributed by atoms with Crippen LogP contribution in [0.3, 0.4) is 0 Å². The molecule has 0 N–H and O–H groups in total. The average Bonchev–Trinajstić information content (AvgIpc) is 3.59. The van der Waals surface area contributed by atoms with Crippen molar-refractivity contribution in [2.75, 3.05) is 9.80 Å². The second-order valence-electron chi connectivity index (χ2n) is 12.4. The number of rotatable bonds is 6. The van der Waals surface area contributed by atoms with E-state index in [9.17, 15) is 10.5 Å². The van der Waals surface area contributed by atoms with Gasteiger partial charge in [0.25, 0.3) is 0 Å². The SMILES string of the molecule is N#Cc1ccc(N(c2ccccc2)c2ccc3c(ccc4oc5ccc6cc(N(c7ccccc7)c7ccc(C#N)cc7)ccc6c5c43)c2)cc1. The number of nitrogens with zero attached hydrogens (tertiary/aromatic N) is 4. The Labute approximate surface area is 294 Å². The number of hydrogen-bond donors (Lipinski definition) is 0. The van der Waals surface area contributed by atoms with Gasteiger partial charge < -0.3 is 14.2 Å². The molecule has 0 amide bonds. The lowest BCUT2D eigenvalue weighted by Crippen LogP contribution is -2.09. The van der Waals surface area contributed by atoms with Gasteiger partial charge in [-0.3, -0.25) is 0 Å². The van der Waals surface area contributed by atoms with Crippen molar-refractivity contribution in [2.45, 2.75) is 0 Å². The third-order valence-electron chi connectivity index (χ3n) is 9.45. The van der Waals surface area contributed by atoms with Gasteiger partial charge in [0.1, 0.15) is 11.2 Å². The molecule has 5 heteroatoms. The molecule has 0 atom stereocenters. The molecule has 9 rings (SSSR count). The second-order valence-corrected chi connectivity index (χ2v) is 12.4. The quantitative estimate of drug-likeness (QED) is 0.179. The maximum Gasteiger partial charge on any atom is 0.136 e. The first-order valence-electron chi connectivity index (χ1n) is 16.7. The molecule has 0 fully saturated rings. The average molecular weight is 653 g/mol. The summed E-state index contributed by atoms with van der Waals surface area (Å²) >= 11 is 0. The highest BCUT2D eigenvalue weighted by atomic mass is 16.3. The van der Waals surface area contributed by atoms with Crippen LogP contribution < -0.4 is 9.80 Å². The minimum absolute atomic E-state index is 0.626. The molecule has 0 radical (unpaired) electrons. The van der Waals surface area contributed by atoms with Gasteiger partial charge in [0.15, 0.2) is 0 Å². The van der Waals surface area contributed by atoms with Crippen molar-refractivity contribution >= 4 is 77.6 Å². The number of para-hydroxylation sites is 2. The topological polar surface area (TPSA) is 67.2 Å². The molecular weight excluding hydrogens is 625 g/mol. The Morgan fingerprint density at radius 2 is 0.745 bits per heavy atom. The van der Waals surface area contributed by atoms with Crippen LogP contribution in [0, 0.1) is 22.7 Å². The summed E-state index contributed by atoms with van der Waals surface area (Å²) in [5.41, 5.74) is 8.99. The van der Waals surface area contributed by atoms with E-state index in [2.05, 4.69) is 107 Å². The lowest BCUT2D eigenvalue weighted by atomic mass is 9.98. The Bertz CT molecular complexity index is 2620. The zero-order valence-corrected chi connectivity index (χ0v) is 27.4. The van der Waals surface area contributed by atoms with Crippen LogP contribution in [0.4, 0.5) is 34.1 Å². The second kappa shape index (κ2) is 12.3. The molecule has 5 nitrogen and oxygen atoms in total. The Hall–Kier alpha value is -7.34. The summed E-state index contributed by atoms with van der Waals surface area (Å²) in [5.74, 6) is 0. The van der Waals surface area contributed by atoms with Crippen molar-refractivity contribution in [1.82, 2.24) is 0 Å². The van der Waals surface area contributed by atoms with Crippen LogP contribution in [0.5, 0.6) is 0 Å². The Balaban J connectivity index is 1.20. The summed E-state index contributed by atoms with van der Waals surface area (Å²) in [6.07, 6.45) is 0. The van der Waals surface area contributed by atoms with Gasteiger partial charge in [-0.2, -0.15) is 10.5 Å². The highest BCUT2D eigenvalue weighted by Gasteiger charge is 2.19. The molecular formula is C46H28N4O. The summed E-state index contributed by atoms with van der Waals surface area (Å²) in [4.78, 5) is 4.42. The van der Waals surface area contributed by atoms with E-state index in [0.29, 0.717) is 11.1 Å². The fraction of sp³-hybridized carbons (Fsp3) is 0. The van der Waals surface area contributed by atoms with Crippen LogP contribution in [-0.2, 0) is 0 Å². The van der Waals surface area contributed by atoms with Gasteiger partial charge in [-0.15, -0.1) is 0 Å². The van der Waals surface area contributed by atoms with E-state index in [1.807, 2.05) is 84.9 Å². The molecule has 238 valence electrons. The third kappa shape index (κ3) is 5.18. The standard InChI is InChI=1S/C46H28N4O/c47-29-31-11-17-37(18-12-31)49(35-7-3-1-4-8-35)39-21-23-41-33(27-39)15-25-43-45(41)46-42-24-22-40(28-34(42)16-26-44(46)51-43)50(36-9-5-2-6-10-36)38-19-13-32(30-48)14-20-38/h1-28H. The number of benzene rings is 8. The maximum absolute atomic E-state index is 9.40. The molecule has 8 aromatic carbocycles. The van der Waals surface area contributed by atoms with E-state index in [-0.39, 0.29) is 0 Å². The highest BCUT2D eigenvalue weighted by molar-refractivity contribution is 6.26. The predicted octanol–water partition coefficient (Wildman–Crippen LogP) is 12.6. The molecule has 0 spiro atoms. The summed E-state index contributed by atoms with van der Waals surface area (Å²) in [6, 6.07) is 61.9. The van der Waals surface area contributed by atoms with Crippen LogP contribution in [0.1, 0.15) is 11.1 Å². The van der Waals surface area contributed by atoms with Crippen molar-refractivity contribution in [3.8, 4) is 12.1 Å². The fourth-order valence-corrected chi connectivity index (χ4v) is 7.10. The third-order valence-corrected chi connectivity index (χ3v) is 9.45. The van der Waals surface area contributed by atoms with E-state index >= 15 is 0 Å². The van der Waals surface area contributed by atoms with E-state index < -0.39 is 0 Å². The van der Waals surface area contributed by atoms with Crippen molar-refractivity contribution in [2.24, 2.45) is 0 Å². The Morgan fingerprint density at radius 3 is 1.14 bits per heavy atom. The van der Waals surface area contributed by atoms with Gasteiger partial charge in [0.05, 0.1) is 23.3 Å². The maximum atomic E-state index is 9.40. The minimum Gasteiger partial charge on any atom is -0.456 e. The number of hydrogen-bond acceptors (Lipinski definition) is 5. The molecule has 1 aromatic heterocycles. The fourth-order valence-electron chi connectivity index (χ4n) is 7.10. The van der Waals surface area contributed by atoms with Crippen molar-refractivity contribution in [3.05, 3.63) is 181 Å². The molecule has 0 aliphatic rings. The monoisotopic (exact) mass is 652 g/mol. The van der Waals surface area contributed by atoms with Gasteiger partial charge in [-0.05, 0) is 131 Å². The number of fused-ring (bicyclic) bond motifs is 7. The summed E-state index contributed by atoms with van der Waals surface area (Å²) in [6.45, 7) is 0. The largest absolute Gasteiger partial charge is 0.456 e. The Kier molecular flexibility index (Phi) is 7.17. The van der Waals surface area contributed by atoms with Crippen LogP contribution >= 0.6 is 0 Å². The molecule has 9 aromatic rings. The van der Waals surface area contributed by atoms with Crippen LogP contribution in [0.15, 0.2) is 174 Å². The normalized spacial score (nSPS) is 11.1. The number of nitriles is 2. The predicted molar refractivity (Wildman–Crippen MR) is 208 cm³/mol. The lowest BCUT2D eigenvalue weighted by Gasteiger charge is -2.26. The minimum atomic E-state index is 0.626. The van der Waals surface area contributed by atoms with Gasteiger partial charge >= 0.3 is 0 Å². The molecule has 0 unspecified atom stereocenters. The zero-order valence-electron chi connectivity index (χ0n) is 27.4. The summed E-state index contributed by atoms with van der Waals surface area (Å²) in [7, 11) is 0. The van der Waals surface area contributed by atoms with Crippen LogP contribution in [0.25, 0.3) is 43.5 Å². The highest BCUT2D eigenvalue weighted by Crippen LogP contribution is 2.43. The van der Waals surface area contributed by atoms with Crippen LogP contribution in [0.2, 0.25) is 0 Å². The van der Waals surface area contributed by atoms with Crippen molar-refractivity contribution in [3.63, 3.8) is 0 Å². The van der Waals surface area contributed by atoms with Gasteiger partial charge in [0, 0.05) is 44.9 Å². The molecule has 0 bridgehead atoms. The van der Waals surface area contributed by atoms with E-state index in [4.69, 9.17) is 4.42 Å². The first-order valence-corrected chi connectivity index (χ1v) is 16.7. The first-order chi connectivity index (χ1) is 25.2. The van der Waals surface area contributed by atoms with E-state index in [1.54, 1.807) is 0 Å². The molecule has 0 saturated heterocycles. The van der Waals surface area contributed by atoms with Crippen molar-refractivity contribution in [1.29, 1.82) is 10.5 Å². The smallest absolute Gasteiger partial charge is 0.136 e. The molecule has 0 aliphatic heterocycles. The van der Waals surface area contributed by atoms with E-state index in [0.717, 1.165) is 77.6 Å². The Morgan fingerprint density at radius 1 is 0.373 bits per heavy atom. The van der Waals surface area contributed by atoms with Gasteiger partial charge in [0.2, 0.25) is 0 Å². The summed E-state index contributed by atoms with van der Waals surface area (Å²) in [5, 5.41) is 25.4. The van der Waals surface area contributed by atoms with E-state index in [1.165, 1.54) is 0 Å². The number of anilines is 6. The van der Waals surface area contributed by atoms with Gasteiger partial charge in [-0.25, -0.2) is 0 Å². The molecule has 0 aliphatic carbocycles. The molecule has 0 saturated carbocycles. The molecule has 1 heterocycles. The summed E-state index contributed by atoms with van der Waals surface area (Å²) < 4.78 is 6.47. The van der Waals surface area contributed by atoms with Gasteiger partial charge in [-0.1, -0.05) is 60.7 Å². The lowest BCUT2D eigenvalue weighted by molar-refractivity contribution is 0.669. The number of furan rings is 1. The molecule has 51 heavy (non-hydrogen) atoms. The van der Waals surface area contributed by atoms with Crippen LogP contribution in [-0.4, -0.2) is 0 Å². The van der Waals surface area contributed by atoms with Crippen molar-refractivity contribution < 1.29 is 4.42 Å².